The third-order valence-corrected chi connectivity index (χ3v) is 7.01. The van der Waals surface area contributed by atoms with Gasteiger partial charge in [-0.15, -0.1) is 12.4 Å². The van der Waals surface area contributed by atoms with E-state index >= 15 is 0 Å². The van der Waals surface area contributed by atoms with Crippen LogP contribution >= 0.6 is 24.0 Å². The van der Waals surface area contributed by atoms with Gasteiger partial charge < -0.3 is 11.1 Å². The molecule has 0 atom stereocenters. The van der Waals surface area contributed by atoms with E-state index in [-0.39, 0.29) is 34.7 Å². The van der Waals surface area contributed by atoms with Gasteiger partial charge >= 0.3 is 0 Å². The quantitative estimate of drug-likeness (QED) is 0.716. The molecule has 1 aliphatic carbocycles. The van der Waals surface area contributed by atoms with Crippen LogP contribution in [0, 0.1) is 0 Å². The van der Waals surface area contributed by atoms with E-state index in [9.17, 15) is 13.2 Å². The first-order valence-electron chi connectivity index (χ1n) is 9.31. The number of carbonyl (C=O) groups excluding carboxylic acids is 1. The van der Waals surface area contributed by atoms with Crippen LogP contribution < -0.4 is 11.1 Å². The lowest BCUT2D eigenvalue weighted by molar-refractivity contribution is 0.0918. The summed E-state index contributed by atoms with van der Waals surface area (Å²) in [6.45, 7) is 0.543. The predicted octanol–water partition coefficient (Wildman–Crippen LogP) is 3.73. The molecule has 0 unspecified atom stereocenters. The van der Waals surface area contributed by atoms with Crippen molar-refractivity contribution in [2.45, 2.75) is 42.0 Å². The van der Waals surface area contributed by atoms with Crippen LogP contribution in [0.5, 0.6) is 0 Å². The number of hydrogen-bond donors (Lipinski definition) is 2. The summed E-state index contributed by atoms with van der Waals surface area (Å²) in [5.74, 6) is -0.187. The van der Waals surface area contributed by atoms with Crippen molar-refractivity contribution in [3.63, 3.8) is 0 Å². The van der Waals surface area contributed by atoms with Crippen LogP contribution in [-0.4, -0.2) is 33.2 Å². The van der Waals surface area contributed by atoms with Gasteiger partial charge in [-0.1, -0.05) is 23.7 Å². The zero-order valence-corrected chi connectivity index (χ0v) is 18.6. The minimum absolute atomic E-state index is 0. The second kappa shape index (κ2) is 9.47. The molecular formula is C21H26Cl2N2O3S. The summed E-state index contributed by atoms with van der Waals surface area (Å²) in [6, 6.07) is 13.9. The molecule has 0 spiro atoms. The molecule has 0 aliphatic heterocycles. The third kappa shape index (κ3) is 5.51. The fourth-order valence-electron chi connectivity index (χ4n) is 3.87. The molecule has 1 aliphatic rings. The topological polar surface area (TPSA) is 89.3 Å². The van der Waals surface area contributed by atoms with E-state index in [2.05, 4.69) is 11.4 Å². The number of rotatable bonds is 5. The Kier molecular flexibility index (Phi) is 7.74. The molecule has 2 aromatic rings. The van der Waals surface area contributed by atoms with E-state index in [1.807, 2.05) is 18.2 Å². The summed E-state index contributed by atoms with van der Waals surface area (Å²) >= 11 is 6.15. The largest absolute Gasteiger partial charge is 0.349 e. The Bertz CT molecular complexity index is 954. The molecular weight excluding hydrogens is 431 g/mol. The van der Waals surface area contributed by atoms with Crippen molar-refractivity contribution in [3.05, 3.63) is 64.7 Å². The normalized spacial score (nSPS) is 21.8. The molecule has 1 fully saturated rings. The van der Waals surface area contributed by atoms with E-state index in [0.717, 1.165) is 37.5 Å². The SMILES string of the molecule is CS(=O)(=O)c1ccc(C(=O)NC2CCC(CN)(c3cccc(Cl)c3)CC2)cc1.Cl. The van der Waals surface area contributed by atoms with Gasteiger partial charge in [-0.05, 0) is 67.6 Å². The number of benzene rings is 2. The molecule has 29 heavy (non-hydrogen) atoms. The lowest BCUT2D eigenvalue weighted by Gasteiger charge is -2.40. The smallest absolute Gasteiger partial charge is 0.251 e. The molecule has 0 radical (unpaired) electrons. The molecule has 5 nitrogen and oxygen atoms in total. The Hall–Kier alpha value is -1.60. The number of hydrogen-bond acceptors (Lipinski definition) is 4. The lowest BCUT2D eigenvalue weighted by atomic mass is 9.68. The monoisotopic (exact) mass is 456 g/mol. The van der Waals surface area contributed by atoms with E-state index in [1.54, 1.807) is 12.1 Å². The summed E-state index contributed by atoms with van der Waals surface area (Å²) in [5.41, 5.74) is 7.63. The highest BCUT2D eigenvalue weighted by atomic mass is 35.5. The van der Waals surface area contributed by atoms with Crippen LogP contribution in [0.15, 0.2) is 53.4 Å². The van der Waals surface area contributed by atoms with Crippen LogP contribution in [-0.2, 0) is 15.3 Å². The van der Waals surface area contributed by atoms with E-state index in [4.69, 9.17) is 17.3 Å². The summed E-state index contributed by atoms with van der Waals surface area (Å²) in [5, 5.41) is 3.77. The summed E-state index contributed by atoms with van der Waals surface area (Å²) in [7, 11) is -3.27. The summed E-state index contributed by atoms with van der Waals surface area (Å²) in [6.07, 6.45) is 4.56. The summed E-state index contributed by atoms with van der Waals surface area (Å²) in [4.78, 5) is 12.7. The van der Waals surface area contributed by atoms with Crippen molar-refractivity contribution < 1.29 is 13.2 Å². The van der Waals surface area contributed by atoms with Crippen LogP contribution in [0.4, 0.5) is 0 Å². The Morgan fingerprint density at radius 3 is 2.31 bits per heavy atom. The molecule has 0 aromatic heterocycles. The molecule has 2 aromatic carbocycles. The second-order valence-electron chi connectivity index (χ2n) is 7.54. The van der Waals surface area contributed by atoms with Crippen LogP contribution in [0.2, 0.25) is 5.02 Å². The first kappa shape index (κ1) is 23.7. The van der Waals surface area contributed by atoms with Gasteiger partial charge in [-0.2, -0.15) is 0 Å². The Labute approximate surface area is 183 Å². The molecule has 0 heterocycles. The fraction of sp³-hybridized carbons (Fsp3) is 0.381. The zero-order valence-electron chi connectivity index (χ0n) is 16.2. The van der Waals surface area contributed by atoms with E-state index in [0.29, 0.717) is 17.1 Å². The maximum atomic E-state index is 12.5. The minimum Gasteiger partial charge on any atom is -0.349 e. The highest BCUT2D eigenvalue weighted by Crippen LogP contribution is 2.39. The number of nitrogens with two attached hydrogens (primary N) is 1. The lowest BCUT2D eigenvalue weighted by Crippen LogP contribution is -2.45. The van der Waals surface area contributed by atoms with Gasteiger partial charge in [-0.3, -0.25) is 4.79 Å². The first-order chi connectivity index (χ1) is 13.2. The predicted molar refractivity (Wildman–Crippen MR) is 119 cm³/mol. The van der Waals surface area contributed by atoms with Gasteiger partial charge in [0.1, 0.15) is 0 Å². The number of carbonyl (C=O) groups is 1. The second-order valence-corrected chi connectivity index (χ2v) is 9.99. The molecule has 3 rings (SSSR count). The molecule has 0 bridgehead atoms. The van der Waals surface area contributed by atoms with Crippen molar-refractivity contribution in [3.8, 4) is 0 Å². The van der Waals surface area contributed by atoms with Crippen LogP contribution in [0.1, 0.15) is 41.6 Å². The fourth-order valence-corrected chi connectivity index (χ4v) is 4.69. The van der Waals surface area contributed by atoms with E-state index < -0.39 is 9.84 Å². The van der Waals surface area contributed by atoms with Gasteiger partial charge in [0.25, 0.3) is 5.91 Å². The van der Waals surface area contributed by atoms with Crippen LogP contribution in [0.3, 0.4) is 0 Å². The van der Waals surface area contributed by atoms with Gasteiger partial charge in [0.05, 0.1) is 4.90 Å². The molecule has 0 saturated heterocycles. The number of sulfone groups is 1. The maximum absolute atomic E-state index is 12.5. The average Bonchev–Trinajstić information content (AvgIpc) is 2.68. The minimum atomic E-state index is -3.27. The number of amides is 1. The van der Waals surface area contributed by atoms with Crippen LogP contribution in [0.25, 0.3) is 0 Å². The van der Waals surface area contributed by atoms with Gasteiger partial charge in [0.15, 0.2) is 9.84 Å². The average molecular weight is 457 g/mol. The molecule has 3 N–H and O–H groups in total. The molecule has 1 saturated carbocycles. The van der Waals surface area contributed by atoms with Crippen molar-refractivity contribution in [2.24, 2.45) is 5.73 Å². The molecule has 8 heteroatoms. The maximum Gasteiger partial charge on any atom is 0.251 e. The van der Waals surface area contributed by atoms with Gasteiger partial charge in [-0.25, -0.2) is 8.42 Å². The van der Waals surface area contributed by atoms with Crippen molar-refractivity contribution in [1.29, 1.82) is 0 Å². The van der Waals surface area contributed by atoms with E-state index in [1.165, 1.54) is 12.1 Å². The Balaban J connectivity index is 0.00000300. The summed E-state index contributed by atoms with van der Waals surface area (Å²) < 4.78 is 23.1. The highest BCUT2D eigenvalue weighted by molar-refractivity contribution is 7.90. The van der Waals surface area contributed by atoms with Crippen molar-refractivity contribution in [2.75, 3.05) is 12.8 Å². The standard InChI is InChI=1S/C21H25ClN2O3S.ClH/c1-28(26,27)19-7-5-15(6-8-19)20(25)24-18-9-11-21(14-23,12-10-18)16-3-2-4-17(22)13-16;/h2-8,13,18H,9-12,14,23H2,1H3,(H,24,25);1H. The molecule has 1 amide bonds. The number of halogens is 2. The highest BCUT2D eigenvalue weighted by Gasteiger charge is 2.36. The third-order valence-electron chi connectivity index (χ3n) is 5.65. The van der Waals surface area contributed by atoms with Crippen molar-refractivity contribution >= 4 is 39.8 Å². The van der Waals surface area contributed by atoms with Gasteiger partial charge in [0, 0.05) is 34.8 Å². The van der Waals surface area contributed by atoms with Crippen molar-refractivity contribution in [1.82, 2.24) is 5.32 Å². The first-order valence-corrected chi connectivity index (χ1v) is 11.6. The number of nitrogens with one attached hydrogen (secondary N) is 1. The Morgan fingerprint density at radius 2 is 1.79 bits per heavy atom. The zero-order chi connectivity index (χ0) is 20.4. The van der Waals surface area contributed by atoms with Gasteiger partial charge in [0.2, 0.25) is 0 Å². The molecule has 158 valence electrons. The Morgan fingerprint density at radius 1 is 1.17 bits per heavy atom.